The first-order chi connectivity index (χ1) is 8.15. The molecule has 1 aromatic rings. The van der Waals surface area contributed by atoms with Crippen LogP contribution in [0.3, 0.4) is 0 Å². The Bertz CT molecular complexity index is 481. The van der Waals surface area contributed by atoms with E-state index in [1.807, 2.05) is 24.3 Å². The van der Waals surface area contributed by atoms with E-state index in [1.54, 1.807) is 6.08 Å². The Morgan fingerprint density at radius 3 is 2.71 bits per heavy atom. The van der Waals surface area contributed by atoms with Crippen molar-refractivity contribution >= 4 is 11.7 Å². The van der Waals surface area contributed by atoms with Crippen LogP contribution in [0.15, 0.2) is 30.3 Å². The molecular weight excluding hydrogens is 218 g/mol. The number of carbonyl (C=O) groups excluding carboxylic acids is 1. The van der Waals surface area contributed by atoms with Crippen molar-refractivity contribution in [3.05, 3.63) is 41.5 Å². The first kappa shape index (κ1) is 11.7. The maximum atomic E-state index is 12.0. The van der Waals surface area contributed by atoms with E-state index >= 15 is 0 Å². The number of benzene rings is 1. The van der Waals surface area contributed by atoms with Gasteiger partial charge in [-0.1, -0.05) is 30.3 Å². The van der Waals surface area contributed by atoms with Gasteiger partial charge in [0, 0.05) is 30.4 Å². The van der Waals surface area contributed by atoms with Gasteiger partial charge in [0.15, 0.2) is 5.60 Å². The lowest BCUT2D eigenvalue weighted by atomic mass is 9.81. The number of hydrogen-bond donors (Lipinski definition) is 1. The van der Waals surface area contributed by atoms with Crippen molar-refractivity contribution in [1.29, 1.82) is 0 Å². The van der Waals surface area contributed by atoms with Crippen molar-refractivity contribution in [2.75, 3.05) is 14.2 Å². The minimum atomic E-state index is -1.08. The second-order valence-electron chi connectivity index (χ2n) is 3.93. The summed E-state index contributed by atoms with van der Waals surface area (Å²) in [5.74, 6) is -0.406. The minimum Gasteiger partial charge on any atom is -0.467 e. The highest BCUT2D eigenvalue weighted by Crippen LogP contribution is 2.39. The van der Waals surface area contributed by atoms with Gasteiger partial charge in [-0.3, -0.25) is 0 Å². The van der Waals surface area contributed by atoms with E-state index in [2.05, 4.69) is 0 Å². The molecular formula is C13H15NO3. The van der Waals surface area contributed by atoms with E-state index in [1.165, 1.54) is 14.2 Å². The van der Waals surface area contributed by atoms with Crippen LogP contribution >= 0.6 is 0 Å². The van der Waals surface area contributed by atoms with Crippen molar-refractivity contribution in [3.63, 3.8) is 0 Å². The highest BCUT2D eigenvalue weighted by molar-refractivity contribution is 5.86. The van der Waals surface area contributed by atoms with Crippen molar-refractivity contribution in [2.45, 2.75) is 12.0 Å². The molecule has 1 aliphatic rings. The SMILES string of the molecule is COC(=O)C1(OC)CC=C(N)c2ccccc21. The van der Waals surface area contributed by atoms with Gasteiger partial charge >= 0.3 is 5.97 Å². The molecule has 0 fully saturated rings. The molecule has 2 N–H and O–H groups in total. The predicted octanol–water partition coefficient (Wildman–Crippen LogP) is 1.40. The van der Waals surface area contributed by atoms with Gasteiger partial charge in [-0.05, 0) is 0 Å². The molecule has 0 saturated carbocycles. The first-order valence-electron chi connectivity index (χ1n) is 5.35. The van der Waals surface area contributed by atoms with Crippen LogP contribution in [-0.2, 0) is 19.9 Å². The molecule has 2 rings (SSSR count). The third-order valence-electron chi connectivity index (χ3n) is 3.15. The lowest BCUT2D eigenvalue weighted by Gasteiger charge is -2.33. The van der Waals surface area contributed by atoms with Crippen LogP contribution in [0.2, 0.25) is 0 Å². The largest absolute Gasteiger partial charge is 0.467 e. The Morgan fingerprint density at radius 1 is 1.35 bits per heavy atom. The van der Waals surface area contributed by atoms with Gasteiger partial charge in [-0.2, -0.15) is 0 Å². The predicted molar refractivity (Wildman–Crippen MR) is 63.9 cm³/mol. The summed E-state index contributed by atoms with van der Waals surface area (Å²) in [6, 6.07) is 7.45. The third kappa shape index (κ3) is 1.61. The van der Waals surface area contributed by atoms with E-state index in [0.717, 1.165) is 11.1 Å². The maximum Gasteiger partial charge on any atom is 0.343 e. The Balaban J connectivity index is 2.63. The molecule has 0 aliphatic heterocycles. The van der Waals surface area contributed by atoms with Gasteiger partial charge < -0.3 is 15.2 Å². The van der Waals surface area contributed by atoms with Crippen molar-refractivity contribution in [1.82, 2.24) is 0 Å². The summed E-state index contributed by atoms with van der Waals surface area (Å²) in [6.45, 7) is 0. The number of carbonyl (C=O) groups is 1. The fourth-order valence-electron chi connectivity index (χ4n) is 2.20. The van der Waals surface area contributed by atoms with E-state index in [-0.39, 0.29) is 0 Å². The fraction of sp³-hybridized carbons (Fsp3) is 0.308. The average Bonchev–Trinajstić information content (AvgIpc) is 2.39. The molecule has 4 nitrogen and oxygen atoms in total. The summed E-state index contributed by atoms with van der Waals surface area (Å²) in [4.78, 5) is 12.0. The van der Waals surface area contributed by atoms with Crippen LogP contribution in [0, 0.1) is 0 Å². The smallest absolute Gasteiger partial charge is 0.343 e. The van der Waals surface area contributed by atoms with Crippen molar-refractivity contribution < 1.29 is 14.3 Å². The second kappa shape index (κ2) is 4.22. The molecule has 0 saturated heterocycles. The lowest BCUT2D eigenvalue weighted by molar-refractivity contribution is -0.167. The monoisotopic (exact) mass is 233 g/mol. The topological polar surface area (TPSA) is 61.5 Å². The van der Waals surface area contributed by atoms with E-state index < -0.39 is 11.6 Å². The minimum absolute atomic E-state index is 0.388. The standard InChI is InChI=1S/C13H15NO3/c1-16-12(15)13(17-2)8-7-11(14)9-5-3-4-6-10(9)13/h3-7H,8,14H2,1-2H3. The van der Waals surface area contributed by atoms with Crippen LogP contribution in [0.25, 0.3) is 5.70 Å². The molecule has 1 aliphatic carbocycles. The van der Waals surface area contributed by atoms with Crippen LogP contribution in [0.1, 0.15) is 17.5 Å². The number of rotatable bonds is 2. The molecule has 90 valence electrons. The molecule has 0 bridgehead atoms. The van der Waals surface area contributed by atoms with Gasteiger partial charge in [0.05, 0.1) is 7.11 Å². The summed E-state index contributed by atoms with van der Waals surface area (Å²) in [5, 5.41) is 0. The molecule has 17 heavy (non-hydrogen) atoms. The molecule has 0 spiro atoms. The van der Waals surface area contributed by atoms with E-state index in [4.69, 9.17) is 15.2 Å². The summed E-state index contributed by atoms with van der Waals surface area (Å²) in [6.07, 6.45) is 2.18. The lowest BCUT2D eigenvalue weighted by Crippen LogP contribution is -2.41. The van der Waals surface area contributed by atoms with Crippen molar-refractivity contribution in [2.24, 2.45) is 5.73 Å². The number of fused-ring (bicyclic) bond motifs is 1. The molecule has 0 aromatic heterocycles. The third-order valence-corrected chi connectivity index (χ3v) is 3.15. The number of methoxy groups -OCH3 is 2. The summed E-state index contributed by atoms with van der Waals surface area (Å²) in [7, 11) is 2.86. The maximum absolute atomic E-state index is 12.0. The molecule has 1 aromatic carbocycles. The summed E-state index contributed by atoms with van der Waals surface area (Å²) >= 11 is 0. The van der Waals surface area contributed by atoms with E-state index in [9.17, 15) is 4.79 Å². The van der Waals surface area contributed by atoms with Gasteiger partial charge in [0.25, 0.3) is 0 Å². The van der Waals surface area contributed by atoms with Gasteiger partial charge in [0.1, 0.15) is 0 Å². The van der Waals surface area contributed by atoms with Gasteiger partial charge in [-0.25, -0.2) is 4.79 Å². The average molecular weight is 233 g/mol. The Labute approximate surface area is 100 Å². The quantitative estimate of drug-likeness (QED) is 0.784. The van der Waals surface area contributed by atoms with Crippen LogP contribution < -0.4 is 5.73 Å². The number of nitrogens with two attached hydrogens (primary N) is 1. The number of hydrogen-bond acceptors (Lipinski definition) is 4. The molecule has 0 amide bonds. The summed E-state index contributed by atoms with van der Waals surface area (Å²) in [5.41, 5.74) is 7.09. The molecule has 1 unspecified atom stereocenters. The zero-order valence-electron chi connectivity index (χ0n) is 9.90. The summed E-state index contributed by atoms with van der Waals surface area (Å²) < 4.78 is 10.3. The first-order valence-corrected chi connectivity index (χ1v) is 5.35. The molecule has 4 heteroatoms. The van der Waals surface area contributed by atoms with E-state index in [0.29, 0.717) is 12.1 Å². The normalized spacial score (nSPS) is 22.6. The highest BCUT2D eigenvalue weighted by atomic mass is 16.6. The van der Waals surface area contributed by atoms with Gasteiger partial charge in [-0.15, -0.1) is 0 Å². The number of ether oxygens (including phenoxy) is 2. The second-order valence-corrected chi connectivity index (χ2v) is 3.93. The highest BCUT2D eigenvalue weighted by Gasteiger charge is 2.44. The van der Waals surface area contributed by atoms with Crippen LogP contribution in [-0.4, -0.2) is 20.2 Å². The Morgan fingerprint density at radius 2 is 2.06 bits per heavy atom. The van der Waals surface area contributed by atoms with Crippen LogP contribution in [0.5, 0.6) is 0 Å². The molecule has 0 heterocycles. The van der Waals surface area contributed by atoms with Gasteiger partial charge in [0.2, 0.25) is 0 Å². The number of esters is 1. The Hall–Kier alpha value is -1.81. The molecule has 1 atom stereocenters. The molecule has 0 radical (unpaired) electrons. The zero-order valence-corrected chi connectivity index (χ0v) is 9.90. The van der Waals surface area contributed by atoms with Crippen molar-refractivity contribution in [3.8, 4) is 0 Å². The zero-order chi connectivity index (χ0) is 12.5. The Kier molecular flexibility index (Phi) is 2.90. The fourth-order valence-corrected chi connectivity index (χ4v) is 2.20. The van der Waals surface area contributed by atoms with Crippen LogP contribution in [0.4, 0.5) is 0 Å².